The molecule has 7 heteroatoms. The van der Waals surface area contributed by atoms with Gasteiger partial charge in [-0.1, -0.05) is 35.4 Å². The average molecular weight is 423 g/mol. The topological polar surface area (TPSA) is 63.4 Å². The minimum atomic E-state index is -0.650. The number of rotatable bonds is 2. The summed E-state index contributed by atoms with van der Waals surface area (Å²) in [6.45, 7) is 3.78. The van der Waals surface area contributed by atoms with Crippen LogP contribution in [0.25, 0.3) is 11.0 Å². The highest BCUT2D eigenvalue weighted by atomic mass is 35.5. The number of halogens is 1. The van der Waals surface area contributed by atoms with Gasteiger partial charge in [0.1, 0.15) is 5.58 Å². The highest BCUT2D eigenvalue weighted by molar-refractivity contribution is 7.14. The van der Waals surface area contributed by atoms with Crippen LogP contribution >= 0.6 is 22.9 Å². The zero-order valence-electron chi connectivity index (χ0n) is 15.6. The molecule has 1 aliphatic heterocycles. The summed E-state index contributed by atoms with van der Waals surface area (Å²) >= 11 is 7.58. The number of fused-ring (bicyclic) bond motifs is 2. The zero-order chi connectivity index (χ0) is 20.3. The van der Waals surface area contributed by atoms with Crippen LogP contribution in [0.3, 0.4) is 0 Å². The first-order chi connectivity index (χ1) is 13.9. The van der Waals surface area contributed by atoms with Crippen molar-refractivity contribution in [2.24, 2.45) is 0 Å². The Balaban J connectivity index is 1.84. The molecule has 0 bridgehead atoms. The van der Waals surface area contributed by atoms with Crippen LogP contribution in [0.15, 0.2) is 57.1 Å². The van der Waals surface area contributed by atoms with Crippen molar-refractivity contribution in [3.05, 3.63) is 91.2 Å². The van der Waals surface area contributed by atoms with Crippen molar-refractivity contribution < 1.29 is 9.21 Å². The van der Waals surface area contributed by atoms with E-state index in [1.165, 1.54) is 16.2 Å². The van der Waals surface area contributed by atoms with Gasteiger partial charge in [0.2, 0.25) is 5.76 Å². The second kappa shape index (κ2) is 6.54. The predicted molar refractivity (Wildman–Crippen MR) is 114 cm³/mol. The van der Waals surface area contributed by atoms with Gasteiger partial charge < -0.3 is 4.42 Å². The lowest BCUT2D eigenvalue weighted by Crippen LogP contribution is -2.29. The molecule has 29 heavy (non-hydrogen) atoms. The minimum absolute atomic E-state index is 0.0594. The lowest BCUT2D eigenvalue weighted by molar-refractivity contribution is 0.0971. The molecule has 4 aromatic rings. The smallest absolute Gasteiger partial charge is 0.297 e. The van der Waals surface area contributed by atoms with Gasteiger partial charge in [0.25, 0.3) is 5.91 Å². The van der Waals surface area contributed by atoms with Crippen LogP contribution in [0, 0.1) is 13.8 Å². The molecule has 5 nitrogen and oxygen atoms in total. The van der Waals surface area contributed by atoms with Crippen LogP contribution in [0.2, 0.25) is 5.02 Å². The Morgan fingerprint density at radius 1 is 1.14 bits per heavy atom. The van der Waals surface area contributed by atoms with E-state index in [2.05, 4.69) is 4.98 Å². The lowest BCUT2D eigenvalue weighted by atomic mass is 9.98. The number of thiazole rings is 1. The van der Waals surface area contributed by atoms with Gasteiger partial charge in [0.05, 0.1) is 22.7 Å². The Kier molecular flexibility index (Phi) is 4.08. The first kappa shape index (κ1) is 18.1. The molecule has 1 aliphatic rings. The third-order valence-electron chi connectivity index (χ3n) is 5.00. The summed E-state index contributed by atoms with van der Waals surface area (Å²) < 4.78 is 5.95. The Hall–Kier alpha value is -2.96. The average Bonchev–Trinajstić information content (AvgIpc) is 3.24. The summed E-state index contributed by atoms with van der Waals surface area (Å²) in [4.78, 5) is 32.9. The molecule has 0 aliphatic carbocycles. The van der Waals surface area contributed by atoms with Gasteiger partial charge >= 0.3 is 0 Å². The van der Waals surface area contributed by atoms with Crippen molar-refractivity contribution in [3.63, 3.8) is 0 Å². The monoisotopic (exact) mass is 422 g/mol. The number of aromatic nitrogens is 1. The van der Waals surface area contributed by atoms with Crippen molar-refractivity contribution in [2.45, 2.75) is 19.9 Å². The van der Waals surface area contributed by atoms with Crippen LogP contribution in [0.4, 0.5) is 5.13 Å². The van der Waals surface area contributed by atoms with Crippen LogP contribution in [-0.2, 0) is 0 Å². The van der Waals surface area contributed by atoms with Gasteiger partial charge in [-0.25, -0.2) is 4.98 Å². The lowest BCUT2D eigenvalue weighted by Gasteiger charge is -2.22. The van der Waals surface area contributed by atoms with E-state index >= 15 is 0 Å². The van der Waals surface area contributed by atoms with Crippen molar-refractivity contribution in [3.8, 4) is 0 Å². The zero-order valence-corrected chi connectivity index (χ0v) is 17.2. The number of benzene rings is 2. The molecule has 1 atom stereocenters. The van der Waals surface area contributed by atoms with Gasteiger partial charge in [-0.05, 0) is 43.7 Å². The van der Waals surface area contributed by atoms with Crippen LogP contribution < -0.4 is 10.3 Å². The number of hydrogen-bond donors (Lipinski definition) is 0. The molecule has 0 spiro atoms. The molecule has 3 heterocycles. The molecule has 0 unspecified atom stereocenters. The van der Waals surface area contributed by atoms with E-state index in [4.69, 9.17) is 16.0 Å². The number of amides is 1. The van der Waals surface area contributed by atoms with E-state index < -0.39 is 6.04 Å². The Labute approximate surface area is 175 Å². The maximum Gasteiger partial charge on any atom is 0.297 e. The third kappa shape index (κ3) is 2.79. The van der Waals surface area contributed by atoms with E-state index in [1.807, 2.05) is 31.4 Å². The van der Waals surface area contributed by atoms with Crippen molar-refractivity contribution >= 4 is 44.9 Å². The SMILES string of the molecule is Cc1ccc2oc3c(c(=O)c2c1)[C@H](c1cccc(Cl)c1)N(c1nc(C)cs1)C3=O. The van der Waals surface area contributed by atoms with Crippen LogP contribution in [0.5, 0.6) is 0 Å². The standard InChI is InChI=1S/C22H15ClN2O3S/c1-11-6-7-16-15(8-11)19(26)17-18(13-4-3-5-14(23)9-13)25(21(27)20(17)28-16)22-24-12(2)10-29-22/h3-10,18H,1-2H3/t18-/m0/s1. The van der Waals surface area contributed by atoms with Crippen molar-refractivity contribution in [1.29, 1.82) is 0 Å². The summed E-state index contributed by atoms with van der Waals surface area (Å²) in [5, 5.41) is 3.37. The summed E-state index contributed by atoms with van der Waals surface area (Å²) in [5.41, 5.74) is 2.99. The molecule has 144 valence electrons. The summed E-state index contributed by atoms with van der Waals surface area (Å²) in [6, 6.07) is 11.9. The fraction of sp³-hybridized carbons (Fsp3) is 0.136. The molecule has 0 radical (unpaired) electrons. The summed E-state index contributed by atoms with van der Waals surface area (Å²) in [5.74, 6) is -0.317. The van der Waals surface area contributed by atoms with E-state index in [0.717, 1.165) is 16.8 Å². The number of hydrogen-bond acceptors (Lipinski definition) is 5. The summed E-state index contributed by atoms with van der Waals surface area (Å²) in [7, 11) is 0. The van der Waals surface area contributed by atoms with E-state index in [0.29, 0.717) is 26.7 Å². The molecule has 0 saturated heterocycles. The van der Waals surface area contributed by atoms with Gasteiger partial charge in [-0.15, -0.1) is 11.3 Å². The van der Waals surface area contributed by atoms with Gasteiger partial charge in [-0.2, -0.15) is 0 Å². The normalized spacial score (nSPS) is 15.9. The molecule has 0 saturated carbocycles. The molecular weight excluding hydrogens is 408 g/mol. The maximum atomic E-state index is 13.5. The summed E-state index contributed by atoms with van der Waals surface area (Å²) in [6.07, 6.45) is 0. The van der Waals surface area contributed by atoms with E-state index in [-0.39, 0.29) is 17.1 Å². The first-order valence-corrected chi connectivity index (χ1v) is 10.3. The molecule has 5 rings (SSSR count). The fourth-order valence-electron chi connectivity index (χ4n) is 3.73. The third-order valence-corrected chi connectivity index (χ3v) is 6.20. The first-order valence-electron chi connectivity index (χ1n) is 9.02. The number of carbonyl (C=O) groups excluding carboxylic acids is 1. The maximum absolute atomic E-state index is 13.5. The molecule has 1 amide bonds. The minimum Gasteiger partial charge on any atom is -0.450 e. The highest BCUT2D eigenvalue weighted by Gasteiger charge is 2.44. The molecule has 2 aromatic carbocycles. The Morgan fingerprint density at radius 2 is 1.97 bits per heavy atom. The molecule has 0 fully saturated rings. The second-order valence-electron chi connectivity index (χ2n) is 7.08. The fourth-order valence-corrected chi connectivity index (χ4v) is 4.75. The number of nitrogens with zero attached hydrogens (tertiary/aromatic N) is 2. The van der Waals surface area contributed by atoms with E-state index in [9.17, 15) is 9.59 Å². The van der Waals surface area contributed by atoms with Crippen LogP contribution in [-0.4, -0.2) is 10.9 Å². The molecule has 0 N–H and O–H groups in total. The highest BCUT2D eigenvalue weighted by Crippen LogP contribution is 2.42. The predicted octanol–water partition coefficient (Wildman–Crippen LogP) is 5.27. The number of anilines is 1. The van der Waals surface area contributed by atoms with E-state index in [1.54, 1.807) is 30.3 Å². The van der Waals surface area contributed by atoms with Crippen LogP contribution in [0.1, 0.15) is 39.0 Å². The van der Waals surface area contributed by atoms with Gasteiger partial charge in [0.15, 0.2) is 10.6 Å². The van der Waals surface area contributed by atoms with Gasteiger partial charge in [-0.3, -0.25) is 14.5 Å². The molecular formula is C22H15ClN2O3S. The van der Waals surface area contributed by atoms with Crippen molar-refractivity contribution in [2.75, 3.05) is 4.90 Å². The number of carbonyl (C=O) groups is 1. The second-order valence-corrected chi connectivity index (χ2v) is 8.35. The number of aryl methyl sites for hydroxylation is 2. The largest absolute Gasteiger partial charge is 0.450 e. The Bertz CT molecular complexity index is 1360. The quantitative estimate of drug-likeness (QED) is 0.441. The molecule has 2 aromatic heterocycles. The van der Waals surface area contributed by atoms with Crippen molar-refractivity contribution in [1.82, 2.24) is 4.98 Å². The van der Waals surface area contributed by atoms with Gasteiger partial charge in [0, 0.05) is 10.4 Å². The Morgan fingerprint density at radius 3 is 2.69 bits per heavy atom.